The third-order valence-electron chi connectivity index (χ3n) is 4.71. The fourth-order valence-corrected chi connectivity index (χ4v) is 5.78. The number of halogens is 1. The molecule has 0 spiro atoms. The van der Waals surface area contributed by atoms with E-state index in [0.29, 0.717) is 21.0 Å². The van der Waals surface area contributed by atoms with Crippen molar-refractivity contribution in [3.05, 3.63) is 57.7 Å². The average Bonchev–Trinajstić information content (AvgIpc) is 3.10. The van der Waals surface area contributed by atoms with Gasteiger partial charge in [-0.05, 0) is 54.9 Å². The van der Waals surface area contributed by atoms with Gasteiger partial charge in [0.15, 0.2) is 5.65 Å². The van der Waals surface area contributed by atoms with Crippen LogP contribution in [0.15, 0.2) is 56.9 Å². The third-order valence-corrected chi connectivity index (χ3v) is 7.25. The van der Waals surface area contributed by atoms with Crippen LogP contribution in [-0.4, -0.2) is 26.5 Å². The Balaban J connectivity index is 2.17. The van der Waals surface area contributed by atoms with E-state index in [9.17, 15) is 13.2 Å². The number of pyridine rings is 1. The van der Waals surface area contributed by atoms with Crippen LogP contribution >= 0.6 is 15.9 Å². The van der Waals surface area contributed by atoms with E-state index in [2.05, 4.69) is 20.9 Å². The van der Waals surface area contributed by atoms with Crippen LogP contribution in [0.1, 0.15) is 20.8 Å². The Morgan fingerprint density at radius 2 is 1.75 bits per heavy atom. The smallest absolute Gasteiger partial charge is 0.293 e. The number of benzene rings is 1. The normalized spacial score (nSPS) is 12.9. The Hall–Kier alpha value is -2.39. The van der Waals surface area contributed by atoms with Crippen molar-refractivity contribution in [2.75, 3.05) is 0 Å². The van der Waals surface area contributed by atoms with Crippen LogP contribution in [0.2, 0.25) is 0 Å². The summed E-state index contributed by atoms with van der Waals surface area (Å²) in [5.74, 6) is 0. The highest BCUT2D eigenvalue weighted by molar-refractivity contribution is 9.10. The molecule has 0 radical (unpaired) electrons. The third kappa shape index (κ3) is 2.56. The maximum atomic E-state index is 13.2. The minimum absolute atomic E-state index is 0.163. The summed E-state index contributed by atoms with van der Waals surface area (Å²) in [6, 6.07) is 9.89. The first kappa shape index (κ1) is 18.9. The van der Waals surface area contributed by atoms with E-state index in [-0.39, 0.29) is 16.2 Å². The Bertz CT molecular complexity index is 1390. The first-order valence-electron chi connectivity index (χ1n) is 8.63. The predicted molar refractivity (Wildman–Crippen MR) is 112 cm³/mol. The molecular weight excluding hydrogens is 444 g/mol. The minimum atomic E-state index is -3.86. The quantitative estimate of drug-likeness (QED) is 0.456. The first-order chi connectivity index (χ1) is 13.0. The molecule has 7 nitrogen and oxygen atoms in total. The lowest BCUT2D eigenvalue weighted by Gasteiger charge is -2.21. The van der Waals surface area contributed by atoms with E-state index in [1.54, 1.807) is 54.2 Å². The van der Waals surface area contributed by atoms with Crippen molar-refractivity contribution in [3.8, 4) is 0 Å². The van der Waals surface area contributed by atoms with Crippen molar-refractivity contribution in [1.29, 1.82) is 0 Å². The van der Waals surface area contributed by atoms with Crippen molar-refractivity contribution >= 4 is 48.0 Å². The van der Waals surface area contributed by atoms with E-state index < -0.39 is 15.6 Å². The molecule has 0 amide bonds. The van der Waals surface area contributed by atoms with Crippen molar-refractivity contribution in [1.82, 2.24) is 18.1 Å². The summed E-state index contributed by atoms with van der Waals surface area (Å²) in [5, 5.41) is 0.594. The van der Waals surface area contributed by atoms with Gasteiger partial charge in [0.1, 0.15) is 4.60 Å². The van der Waals surface area contributed by atoms with E-state index in [1.807, 2.05) is 20.8 Å². The Morgan fingerprint density at radius 3 is 2.36 bits per heavy atom. The Kier molecular flexibility index (Phi) is 4.10. The van der Waals surface area contributed by atoms with Gasteiger partial charge in [0, 0.05) is 18.0 Å². The van der Waals surface area contributed by atoms with Gasteiger partial charge in [-0.25, -0.2) is 22.2 Å². The standard InChI is InChI=1S/C19H19BrN4O3S/c1-19(2,3)23-16-13-10-15(20)24(28(26,27)12-8-6-5-7-9-12)17(13)21-11-14(16)22(4)18(23)25/h5-11H,1-4H3. The van der Waals surface area contributed by atoms with Gasteiger partial charge in [-0.15, -0.1) is 0 Å². The number of aromatic nitrogens is 4. The van der Waals surface area contributed by atoms with Crippen molar-refractivity contribution in [3.63, 3.8) is 0 Å². The largest absolute Gasteiger partial charge is 0.329 e. The van der Waals surface area contributed by atoms with Crippen LogP contribution in [-0.2, 0) is 22.6 Å². The van der Waals surface area contributed by atoms with Gasteiger partial charge >= 0.3 is 5.69 Å². The number of hydrogen-bond donors (Lipinski definition) is 0. The van der Waals surface area contributed by atoms with Gasteiger partial charge in [-0.3, -0.25) is 9.13 Å². The monoisotopic (exact) mass is 462 g/mol. The minimum Gasteiger partial charge on any atom is -0.293 e. The summed E-state index contributed by atoms with van der Waals surface area (Å²) < 4.78 is 31.2. The molecule has 0 bridgehead atoms. The second-order valence-corrected chi connectivity index (χ2v) is 10.2. The molecule has 0 aliphatic heterocycles. The molecule has 1 aromatic carbocycles. The molecule has 146 valence electrons. The SMILES string of the molecule is Cn1c(=O)n(C(C)(C)C)c2c3cc(Br)n(S(=O)(=O)c4ccccc4)c3ncc21. The number of hydrogen-bond acceptors (Lipinski definition) is 4. The molecule has 3 aromatic heterocycles. The Morgan fingerprint density at radius 1 is 1.11 bits per heavy atom. The van der Waals surface area contributed by atoms with Gasteiger partial charge in [-0.2, -0.15) is 0 Å². The highest BCUT2D eigenvalue weighted by Crippen LogP contribution is 2.33. The zero-order valence-corrected chi connectivity index (χ0v) is 18.2. The molecule has 0 saturated heterocycles. The number of aryl methyl sites for hydroxylation is 1. The van der Waals surface area contributed by atoms with Crippen molar-refractivity contribution in [2.45, 2.75) is 31.2 Å². The summed E-state index contributed by atoms with van der Waals surface area (Å²) in [4.78, 5) is 17.4. The van der Waals surface area contributed by atoms with Gasteiger partial charge in [0.2, 0.25) is 0 Å². The summed E-state index contributed by atoms with van der Waals surface area (Å²) in [5.41, 5.74) is 0.915. The number of imidazole rings is 1. The molecule has 9 heteroatoms. The zero-order chi connectivity index (χ0) is 20.4. The predicted octanol–water partition coefficient (Wildman–Crippen LogP) is 3.44. The zero-order valence-electron chi connectivity index (χ0n) is 15.8. The molecule has 28 heavy (non-hydrogen) atoms. The molecule has 0 aliphatic rings. The molecular formula is C19H19BrN4O3S. The molecule has 4 aromatic rings. The van der Waals surface area contributed by atoms with Crippen LogP contribution < -0.4 is 5.69 Å². The molecule has 0 unspecified atom stereocenters. The second-order valence-electron chi connectivity index (χ2n) is 7.63. The summed E-state index contributed by atoms with van der Waals surface area (Å²) in [7, 11) is -2.17. The van der Waals surface area contributed by atoms with Crippen LogP contribution in [0.5, 0.6) is 0 Å². The van der Waals surface area contributed by atoms with Crippen molar-refractivity contribution in [2.24, 2.45) is 7.05 Å². The fourth-order valence-electron chi connectivity index (χ4n) is 3.45. The van der Waals surface area contributed by atoms with E-state index in [1.165, 1.54) is 8.54 Å². The van der Waals surface area contributed by atoms with Gasteiger partial charge < -0.3 is 0 Å². The first-order valence-corrected chi connectivity index (χ1v) is 10.9. The van der Waals surface area contributed by atoms with Gasteiger partial charge in [-0.1, -0.05) is 18.2 Å². The molecule has 0 fully saturated rings. The lowest BCUT2D eigenvalue weighted by Crippen LogP contribution is -2.34. The van der Waals surface area contributed by atoms with Crippen LogP contribution in [0, 0.1) is 0 Å². The fraction of sp³-hybridized carbons (Fsp3) is 0.263. The summed E-state index contributed by atoms with van der Waals surface area (Å²) >= 11 is 3.38. The van der Waals surface area contributed by atoms with E-state index in [4.69, 9.17) is 0 Å². The number of rotatable bonds is 2. The van der Waals surface area contributed by atoms with Gasteiger partial charge in [0.05, 0.1) is 22.1 Å². The molecule has 0 N–H and O–H groups in total. The van der Waals surface area contributed by atoms with E-state index >= 15 is 0 Å². The van der Waals surface area contributed by atoms with Gasteiger partial charge in [0.25, 0.3) is 10.0 Å². The Labute approximate surface area is 170 Å². The maximum Gasteiger partial charge on any atom is 0.329 e. The second kappa shape index (κ2) is 6.05. The van der Waals surface area contributed by atoms with Crippen LogP contribution in [0.3, 0.4) is 0 Å². The maximum absolute atomic E-state index is 13.2. The van der Waals surface area contributed by atoms with Crippen LogP contribution in [0.25, 0.3) is 22.1 Å². The molecule has 3 heterocycles. The highest BCUT2D eigenvalue weighted by Gasteiger charge is 2.28. The summed E-state index contributed by atoms with van der Waals surface area (Å²) in [6.45, 7) is 5.81. The van der Waals surface area contributed by atoms with Crippen LogP contribution in [0.4, 0.5) is 0 Å². The van der Waals surface area contributed by atoms with Crippen molar-refractivity contribution < 1.29 is 8.42 Å². The molecule has 0 saturated carbocycles. The number of nitrogens with zero attached hydrogens (tertiary/aromatic N) is 4. The lowest BCUT2D eigenvalue weighted by molar-refractivity contribution is 0.393. The molecule has 0 atom stereocenters. The van der Waals surface area contributed by atoms with E-state index in [0.717, 1.165) is 0 Å². The molecule has 0 aliphatic carbocycles. The average molecular weight is 463 g/mol. The number of fused-ring (bicyclic) bond motifs is 3. The topological polar surface area (TPSA) is 78.9 Å². The lowest BCUT2D eigenvalue weighted by atomic mass is 10.1. The summed E-state index contributed by atoms with van der Waals surface area (Å²) in [6.07, 6.45) is 1.55. The highest BCUT2D eigenvalue weighted by atomic mass is 79.9. The molecule has 4 rings (SSSR count).